The van der Waals surface area contributed by atoms with Gasteiger partial charge in [0, 0.05) is 33.3 Å². The number of hydrogen-bond donors (Lipinski definition) is 2. The molecule has 35 heavy (non-hydrogen) atoms. The Bertz CT molecular complexity index is 1380. The van der Waals surface area contributed by atoms with Crippen LogP contribution in [0.3, 0.4) is 0 Å². The van der Waals surface area contributed by atoms with E-state index >= 15 is 0 Å². The van der Waals surface area contributed by atoms with Crippen molar-refractivity contribution >= 4 is 35.2 Å². The largest absolute Gasteiger partial charge is 0.439 e. The van der Waals surface area contributed by atoms with E-state index in [4.69, 9.17) is 26.3 Å². The van der Waals surface area contributed by atoms with Gasteiger partial charge in [0.2, 0.25) is 11.8 Å². The molecule has 1 aromatic heterocycles. The standard InChI is InChI=1S/C28H27ClN4OS/c1-4-22-26(24-11-6-5-10-23(24)17(2)3)31-28-32-27(22)34-20-12-13-25(29)18(14-20)16-30-19-8-7-9-21(15-19)35-33-28/h5-15,17,30H,4,16H2,1-3H3,(H,31,32,33). The number of fused-ring (bicyclic) bond motifs is 6. The summed E-state index contributed by atoms with van der Waals surface area (Å²) in [7, 11) is 0. The highest BCUT2D eigenvalue weighted by Gasteiger charge is 2.20. The first kappa shape index (κ1) is 23.5. The van der Waals surface area contributed by atoms with Gasteiger partial charge in [-0.1, -0.05) is 62.7 Å². The third-order valence-electron chi connectivity index (χ3n) is 5.97. The number of hydrogen-bond acceptors (Lipinski definition) is 6. The first-order chi connectivity index (χ1) is 17.0. The smallest absolute Gasteiger partial charge is 0.237 e. The molecule has 1 aliphatic heterocycles. The first-order valence-electron chi connectivity index (χ1n) is 11.7. The molecule has 0 aliphatic carbocycles. The van der Waals surface area contributed by atoms with Crippen LogP contribution in [0.4, 0.5) is 11.6 Å². The number of rotatable bonds is 3. The molecule has 178 valence electrons. The Morgan fingerprint density at radius 1 is 1.03 bits per heavy atom. The summed E-state index contributed by atoms with van der Waals surface area (Å²) in [5.74, 6) is 2.09. The molecule has 6 bridgehead atoms. The Morgan fingerprint density at radius 2 is 1.89 bits per heavy atom. The predicted octanol–water partition coefficient (Wildman–Crippen LogP) is 8.32. The minimum absolute atomic E-state index is 0.355. The normalized spacial score (nSPS) is 12.8. The van der Waals surface area contributed by atoms with Crippen molar-refractivity contribution in [2.45, 2.75) is 44.6 Å². The van der Waals surface area contributed by atoms with Crippen molar-refractivity contribution in [3.63, 3.8) is 0 Å². The summed E-state index contributed by atoms with van der Waals surface area (Å²) in [5, 5.41) is 4.14. The van der Waals surface area contributed by atoms with Crippen molar-refractivity contribution < 1.29 is 4.74 Å². The van der Waals surface area contributed by atoms with Gasteiger partial charge in [-0.25, -0.2) is 4.98 Å². The van der Waals surface area contributed by atoms with E-state index in [1.807, 2.05) is 30.3 Å². The van der Waals surface area contributed by atoms with Crippen molar-refractivity contribution in [1.29, 1.82) is 0 Å². The maximum Gasteiger partial charge on any atom is 0.237 e. The number of ether oxygens (including phenoxy) is 1. The number of benzene rings is 3. The van der Waals surface area contributed by atoms with Gasteiger partial charge in [-0.05, 0) is 71.8 Å². The van der Waals surface area contributed by atoms with Gasteiger partial charge in [0.05, 0.1) is 5.69 Å². The van der Waals surface area contributed by atoms with Gasteiger partial charge in [0.1, 0.15) is 5.75 Å². The topological polar surface area (TPSA) is 59.1 Å². The third kappa shape index (κ3) is 5.09. The fourth-order valence-corrected chi connectivity index (χ4v) is 5.00. The van der Waals surface area contributed by atoms with Crippen LogP contribution in [0.25, 0.3) is 11.3 Å². The Balaban J connectivity index is 1.70. The monoisotopic (exact) mass is 502 g/mol. The van der Waals surface area contributed by atoms with Crippen LogP contribution in [-0.2, 0) is 13.0 Å². The van der Waals surface area contributed by atoms with Crippen LogP contribution in [0, 0.1) is 0 Å². The van der Waals surface area contributed by atoms with Crippen molar-refractivity contribution in [3.8, 4) is 22.9 Å². The summed E-state index contributed by atoms with van der Waals surface area (Å²) in [6.07, 6.45) is 0.731. The molecule has 5 nitrogen and oxygen atoms in total. The molecule has 0 fully saturated rings. The Morgan fingerprint density at radius 3 is 2.71 bits per heavy atom. The second-order valence-electron chi connectivity index (χ2n) is 8.72. The van der Waals surface area contributed by atoms with Gasteiger partial charge in [-0.15, -0.1) is 0 Å². The lowest BCUT2D eigenvalue weighted by Crippen LogP contribution is -2.07. The summed E-state index contributed by atoms with van der Waals surface area (Å²) in [6, 6.07) is 22.3. The van der Waals surface area contributed by atoms with Gasteiger partial charge in [-0.2, -0.15) is 4.98 Å². The maximum atomic E-state index is 6.51. The Kier molecular flexibility index (Phi) is 6.84. The molecule has 0 saturated heterocycles. The molecular weight excluding hydrogens is 476 g/mol. The molecule has 2 N–H and O–H groups in total. The minimum Gasteiger partial charge on any atom is -0.439 e. The van der Waals surface area contributed by atoms with Crippen molar-refractivity contribution in [3.05, 3.63) is 88.4 Å². The lowest BCUT2D eigenvalue weighted by atomic mass is 9.93. The lowest BCUT2D eigenvalue weighted by molar-refractivity contribution is 0.456. The van der Waals surface area contributed by atoms with Crippen molar-refractivity contribution in [2.75, 3.05) is 10.0 Å². The Labute approximate surface area is 215 Å². The molecule has 0 amide bonds. The predicted molar refractivity (Wildman–Crippen MR) is 146 cm³/mol. The zero-order valence-corrected chi connectivity index (χ0v) is 21.5. The molecule has 1 aliphatic rings. The molecule has 2 heterocycles. The molecular formula is C28H27ClN4OS. The van der Waals surface area contributed by atoms with Gasteiger partial charge >= 0.3 is 0 Å². The van der Waals surface area contributed by atoms with Crippen LogP contribution < -0.4 is 14.8 Å². The zero-order valence-electron chi connectivity index (χ0n) is 19.9. The molecule has 0 unspecified atom stereocenters. The Hall–Kier alpha value is -3.22. The highest BCUT2D eigenvalue weighted by molar-refractivity contribution is 8.00. The fourth-order valence-electron chi connectivity index (χ4n) is 4.18. The second kappa shape index (κ2) is 10.2. The van der Waals surface area contributed by atoms with E-state index in [0.717, 1.165) is 39.4 Å². The van der Waals surface area contributed by atoms with Crippen LogP contribution >= 0.6 is 23.5 Å². The number of anilines is 2. The summed E-state index contributed by atoms with van der Waals surface area (Å²) < 4.78 is 9.75. The van der Waals surface area contributed by atoms with Crippen molar-refractivity contribution in [2.24, 2.45) is 0 Å². The van der Waals surface area contributed by atoms with Crippen molar-refractivity contribution in [1.82, 2.24) is 9.97 Å². The van der Waals surface area contributed by atoms with Crippen LogP contribution in [0.15, 0.2) is 71.6 Å². The van der Waals surface area contributed by atoms with E-state index in [9.17, 15) is 0 Å². The molecule has 5 rings (SSSR count). The van der Waals surface area contributed by atoms with Crippen LogP contribution in [0.2, 0.25) is 5.02 Å². The maximum absolute atomic E-state index is 6.51. The van der Waals surface area contributed by atoms with E-state index in [0.29, 0.717) is 35.1 Å². The van der Waals surface area contributed by atoms with Crippen LogP contribution in [-0.4, -0.2) is 9.97 Å². The van der Waals surface area contributed by atoms with Gasteiger partial charge in [-0.3, -0.25) is 4.72 Å². The third-order valence-corrected chi connectivity index (χ3v) is 7.11. The molecule has 0 atom stereocenters. The average Bonchev–Trinajstić information content (AvgIpc) is 2.87. The summed E-state index contributed by atoms with van der Waals surface area (Å²) >= 11 is 7.98. The molecule has 7 heteroatoms. The zero-order chi connectivity index (χ0) is 24.4. The lowest BCUT2D eigenvalue weighted by Gasteiger charge is -2.19. The summed E-state index contributed by atoms with van der Waals surface area (Å²) in [6.45, 7) is 7.09. The molecule has 0 radical (unpaired) electrons. The van der Waals surface area contributed by atoms with Gasteiger partial charge < -0.3 is 10.1 Å². The van der Waals surface area contributed by atoms with E-state index < -0.39 is 0 Å². The number of nitrogens with zero attached hydrogens (tertiary/aromatic N) is 2. The average molecular weight is 503 g/mol. The van der Waals surface area contributed by atoms with Crippen LogP contribution in [0.5, 0.6) is 11.6 Å². The molecule has 0 spiro atoms. The number of halogens is 1. The van der Waals surface area contributed by atoms with Crippen LogP contribution in [0.1, 0.15) is 43.4 Å². The van der Waals surface area contributed by atoms with E-state index in [1.54, 1.807) is 0 Å². The SMILES string of the molecule is CCc1c2nc(nc1-c1ccccc1C(C)C)NSc1cccc(c1)NCc1cc(ccc1Cl)O2. The van der Waals surface area contributed by atoms with E-state index in [-0.39, 0.29) is 0 Å². The summed E-state index contributed by atoms with van der Waals surface area (Å²) in [5.41, 5.74) is 6.16. The van der Waals surface area contributed by atoms with Gasteiger partial charge in [0.15, 0.2) is 0 Å². The molecule has 3 aromatic carbocycles. The highest BCUT2D eigenvalue weighted by Crippen LogP contribution is 2.37. The second-order valence-corrected chi connectivity index (χ2v) is 10.0. The fraction of sp³-hybridized carbons (Fsp3) is 0.214. The summed E-state index contributed by atoms with van der Waals surface area (Å²) in [4.78, 5) is 10.8. The first-order valence-corrected chi connectivity index (χ1v) is 12.9. The molecule has 0 saturated carbocycles. The van der Waals surface area contributed by atoms with E-state index in [2.05, 4.69) is 67.2 Å². The molecule has 4 aromatic rings. The highest BCUT2D eigenvalue weighted by atomic mass is 35.5. The van der Waals surface area contributed by atoms with Gasteiger partial charge in [0.25, 0.3) is 0 Å². The number of aromatic nitrogens is 2. The van der Waals surface area contributed by atoms with E-state index in [1.165, 1.54) is 17.5 Å². The minimum atomic E-state index is 0.355. The number of nitrogens with one attached hydrogen (secondary N) is 2. The quantitative estimate of drug-likeness (QED) is 0.274.